The van der Waals surface area contributed by atoms with Crippen LogP contribution in [0.3, 0.4) is 0 Å². The second kappa shape index (κ2) is 9.36. The van der Waals surface area contributed by atoms with E-state index in [1.54, 1.807) is 16.8 Å². The molecule has 0 radical (unpaired) electrons. The number of rotatable bonds is 6. The predicted octanol–water partition coefficient (Wildman–Crippen LogP) is 0.891. The molecule has 11 nitrogen and oxygen atoms in total. The van der Waals surface area contributed by atoms with E-state index in [9.17, 15) is 19.5 Å². The SMILES string of the molecule is CSc1nc2cccnc2n1CC1(C(=O)N2C[C@H](O)CO2)Cc2c(n(CC(C)C)c(=O)n(C)c2=O)S1. The molecule has 192 valence electrons. The number of fused-ring (bicyclic) bond motifs is 2. The summed E-state index contributed by atoms with van der Waals surface area (Å²) in [6, 6.07) is 3.66. The zero-order valence-electron chi connectivity index (χ0n) is 20.5. The minimum Gasteiger partial charge on any atom is -0.389 e. The number of pyridine rings is 1. The smallest absolute Gasteiger partial charge is 0.331 e. The van der Waals surface area contributed by atoms with Crippen molar-refractivity contribution >= 4 is 40.6 Å². The lowest BCUT2D eigenvalue weighted by atomic mass is 9.98. The van der Waals surface area contributed by atoms with Gasteiger partial charge in [-0.15, -0.1) is 0 Å². The molecule has 5 heterocycles. The van der Waals surface area contributed by atoms with Gasteiger partial charge in [-0.25, -0.2) is 19.8 Å². The van der Waals surface area contributed by atoms with Crippen LogP contribution in [0.4, 0.5) is 0 Å². The van der Waals surface area contributed by atoms with Gasteiger partial charge in [-0.2, -0.15) is 0 Å². The van der Waals surface area contributed by atoms with Crippen molar-refractivity contribution in [2.75, 3.05) is 19.4 Å². The summed E-state index contributed by atoms with van der Waals surface area (Å²) in [6.07, 6.45) is 2.89. The van der Waals surface area contributed by atoms with Crippen molar-refractivity contribution in [2.24, 2.45) is 13.0 Å². The number of imidazole rings is 1. The molecule has 2 atom stereocenters. The Labute approximate surface area is 215 Å². The van der Waals surface area contributed by atoms with Crippen LogP contribution < -0.4 is 11.2 Å². The van der Waals surface area contributed by atoms with Gasteiger partial charge in [-0.05, 0) is 24.3 Å². The van der Waals surface area contributed by atoms with Crippen LogP contribution in [0.15, 0.2) is 38.1 Å². The Hall–Kier alpha value is -2.61. The van der Waals surface area contributed by atoms with Crippen LogP contribution in [-0.2, 0) is 36.2 Å². The van der Waals surface area contributed by atoms with E-state index in [1.165, 1.54) is 35.6 Å². The number of thioether (sulfide) groups is 2. The molecular weight excluding hydrogens is 504 g/mol. The third-order valence-electron chi connectivity index (χ3n) is 6.37. The number of hydrogen-bond donors (Lipinski definition) is 1. The van der Waals surface area contributed by atoms with Gasteiger partial charge in [-0.3, -0.25) is 23.6 Å². The van der Waals surface area contributed by atoms with Gasteiger partial charge in [-0.1, -0.05) is 37.4 Å². The summed E-state index contributed by atoms with van der Waals surface area (Å²) in [6.45, 7) is 4.61. The van der Waals surface area contributed by atoms with E-state index in [-0.39, 0.29) is 37.9 Å². The van der Waals surface area contributed by atoms with Crippen LogP contribution >= 0.6 is 23.5 Å². The molecule has 13 heteroatoms. The molecule has 0 bridgehead atoms. The molecule has 3 aromatic rings. The maximum atomic E-state index is 14.1. The second-order valence-electron chi connectivity index (χ2n) is 9.55. The van der Waals surface area contributed by atoms with Gasteiger partial charge in [0, 0.05) is 26.2 Å². The Morgan fingerprint density at radius 1 is 1.36 bits per heavy atom. The predicted molar refractivity (Wildman–Crippen MR) is 136 cm³/mol. The number of aliphatic hydroxyl groups excluding tert-OH is 1. The van der Waals surface area contributed by atoms with E-state index in [2.05, 4.69) is 9.97 Å². The topological polar surface area (TPSA) is 124 Å². The van der Waals surface area contributed by atoms with E-state index in [0.29, 0.717) is 33.5 Å². The van der Waals surface area contributed by atoms with E-state index < -0.39 is 22.1 Å². The number of aliphatic hydroxyl groups is 1. The molecule has 1 unspecified atom stereocenters. The van der Waals surface area contributed by atoms with Gasteiger partial charge in [0.15, 0.2) is 10.8 Å². The van der Waals surface area contributed by atoms with Gasteiger partial charge in [0.2, 0.25) is 0 Å². The van der Waals surface area contributed by atoms with E-state index in [0.717, 1.165) is 4.57 Å². The summed E-state index contributed by atoms with van der Waals surface area (Å²) >= 11 is 2.66. The normalized spacial score (nSPS) is 21.6. The molecule has 36 heavy (non-hydrogen) atoms. The first kappa shape index (κ1) is 25.1. The van der Waals surface area contributed by atoms with Crippen molar-refractivity contribution in [2.45, 2.75) is 54.4 Å². The summed E-state index contributed by atoms with van der Waals surface area (Å²) in [5.74, 6) is -0.215. The Balaban J connectivity index is 1.68. The van der Waals surface area contributed by atoms with Crippen LogP contribution in [-0.4, -0.2) is 70.0 Å². The van der Waals surface area contributed by atoms with E-state index in [1.807, 2.05) is 30.7 Å². The molecule has 1 amide bonds. The fourth-order valence-corrected chi connectivity index (χ4v) is 6.80. The molecule has 0 spiro atoms. The Morgan fingerprint density at radius 3 is 2.81 bits per heavy atom. The third-order valence-corrected chi connectivity index (χ3v) is 8.54. The third kappa shape index (κ3) is 4.07. The molecular formula is C23H28N6O5S2. The fraction of sp³-hybridized carbons (Fsp3) is 0.522. The Kier molecular flexibility index (Phi) is 6.52. The first-order chi connectivity index (χ1) is 17.1. The second-order valence-corrected chi connectivity index (χ2v) is 11.7. The van der Waals surface area contributed by atoms with Gasteiger partial charge in [0.1, 0.15) is 16.9 Å². The maximum Gasteiger partial charge on any atom is 0.331 e. The van der Waals surface area contributed by atoms with Crippen molar-refractivity contribution in [1.29, 1.82) is 0 Å². The van der Waals surface area contributed by atoms with Gasteiger partial charge >= 0.3 is 5.69 Å². The highest BCUT2D eigenvalue weighted by Crippen LogP contribution is 2.47. The lowest BCUT2D eigenvalue weighted by molar-refractivity contribution is -0.172. The highest BCUT2D eigenvalue weighted by Gasteiger charge is 2.52. The number of hydroxylamine groups is 2. The zero-order chi connectivity index (χ0) is 25.8. The lowest BCUT2D eigenvalue weighted by Gasteiger charge is -2.31. The first-order valence-corrected chi connectivity index (χ1v) is 13.7. The van der Waals surface area contributed by atoms with Gasteiger partial charge in [0.05, 0.1) is 29.8 Å². The molecule has 2 aliphatic rings. The average Bonchev–Trinajstić information content (AvgIpc) is 3.56. The van der Waals surface area contributed by atoms with Crippen LogP contribution in [0.5, 0.6) is 0 Å². The summed E-state index contributed by atoms with van der Waals surface area (Å²) < 4.78 is 3.39. The van der Waals surface area contributed by atoms with Crippen molar-refractivity contribution in [3.05, 3.63) is 44.7 Å². The zero-order valence-corrected chi connectivity index (χ0v) is 22.1. The highest BCUT2D eigenvalue weighted by atomic mass is 32.2. The number of carbonyl (C=O) groups excluding carboxylic acids is 1. The molecule has 0 aliphatic carbocycles. The summed E-state index contributed by atoms with van der Waals surface area (Å²) in [7, 11) is 1.47. The molecule has 0 aromatic carbocycles. The number of amides is 1. The summed E-state index contributed by atoms with van der Waals surface area (Å²) in [5.41, 5.74) is 0.943. The highest BCUT2D eigenvalue weighted by molar-refractivity contribution is 8.01. The van der Waals surface area contributed by atoms with Crippen LogP contribution in [0.25, 0.3) is 11.2 Å². The van der Waals surface area contributed by atoms with E-state index >= 15 is 0 Å². The standard InChI is InChI=1S/C23H28N6O5S2/c1-13(2)9-27-19-15(18(31)26(3)22(27)33)8-23(36-19,20(32)29-10-14(30)11-34-29)12-28-17-16(6-5-7-24-17)25-21(28)35-4/h5-7,13-14,30H,8-12H2,1-4H3/t14-,23?/m0/s1. The first-order valence-electron chi connectivity index (χ1n) is 11.6. The number of hydrogen-bond acceptors (Lipinski definition) is 9. The average molecular weight is 533 g/mol. The number of β-amino-alcohol motifs (C(OH)–C–C–N with tert-alkyl or cyclic N) is 1. The van der Waals surface area contributed by atoms with Crippen molar-refractivity contribution in [1.82, 2.24) is 28.7 Å². The summed E-state index contributed by atoms with van der Waals surface area (Å²) in [5, 5.41) is 12.4. The monoisotopic (exact) mass is 532 g/mol. The van der Waals surface area contributed by atoms with Crippen LogP contribution in [0, 0.1) is 5.92 Å². The van der Waals surface area contributed by atoms with Gasteiger partial charge in [0.25, 0.3) is 11.5 Å². The Morgan fingerprint density at radius 2 is 2.14 bits per heavy atom. The summed E-state index contributed by atoms with van der Waals surface area (Å²) in [4.78, 5) is 55.1. The molecule has 3 aromatic heterocycles. The fourth-order valence-electron chi connectivity index (χ4n) is 4.72. The minimum atomic E-state index is -1.21. The van der Waals surface area contributed by atoms with Crippen LogP contribution in [0.2, 0.25) is 0 Å². The minimum absolute atomic E-state index is 0.0187. The molecule has 2 aliphatic heterocycles. The quantitative estimate of drug-likeness (QED) is 0.364. The van der Waals surface area contributed by atoms with Crippen molar-refractivity contribution in [3.8, 4) is 0 Å². The molecule has 1 N–H and O–H groups in total. The largest absolute Gasteiger partial charge is 0.389 e. The Bertz CT molecular complexity index is 1460. The van der Waals surface area contributed by atoms with Crippen LogP contribution in [0.1, 0.15) is 19.4 Å². The van der Waals surface area contributed by atoms with Gasteiger partial charge < -0.3 is 9.67 Å². The molecule has 0 saturated carbocycles. The molecule has 1 fully saturated rings. The number of nitrogens with zero attached hydrogens (tertiary/aromatic N) is 6. The molecule has 5 rings (SSSR count). The number of carbonyl (C=O) groups is 1. The molecule has 1 saturated heterocycles. The maximum absolute atomic E-state index is 14.1. The van der Waals surface area contributed by atoms with Crippen molar-refractivity contribution in [3.63, 3.8) is 0 Å². The van der Waals surface area contributed by atoms with Crippen molar-refractivity contribution < 1.29 is 14.7 Å². The lowest BCUT2D eigenvalue weighted by Crippen LogP contribution is -2.49. The number of aromatic nitrogens is 5. The van der Waals surface area contributed by atoms with E-state index in [4.69, 9.17) is 4.84 Å².